The minimum atomic E-state index is -1.03. The van der Waals surface area contributed by atoms with Crippen molar-refractivity contribution in [3.05, 3.63) is 94.6 Å². The second-order valence-corrected chi connectivity index (χ2v) is 11.6. The lowest BCUT2D eigenvalue weighted by atomic mass is 9.93. The van der Waals surface area contributed by atoms with Gasteiger partial charge in [0.1, 0.15) is 17.3 Å². The molecule has 0 atom stereocenters. The number of anilines is 1. The fraction of sp³-hybridized carbons (Fsp3) is 0.290. The Hall–Kier alpha value is -4.39. The molecule has 1 aliphatic heterocycles. The molecule has 1 fully saturated rings. The van der Waals surface area contributed by atoms with Gasteiger partial charge in [0.15, 0.2) is 5.82 Å². The van der Waals surface area contributed by atoms with E-state index in [4.69, 9.17) is 9.47 Å². The highest BCUT2D eigenvalue weighted by Crippen LogP contribution is 2.33. The van der Waals surface area contributed by atoms with Gasteiger partial charge in [-0.25, -0.2) is 9.18 Å². The third-order valence-electron chi connectivity index (χ3n) is 7.01. The molecule has 0 bridgehead atoms. The van der Waals surface area contributed by atoms with Crippen LogP contribution in [0.15, 0.2) is 67.3 Å². The number of hydrogen-bond donors (Lipinski definition) is 2. The van der Waals surface area contributed by atoms with Crippen molar-refractivity contribution in [2.45, 2.75) is 25.9 Å². The summed E-state index contributed by atoms with van der Waals surface area (Å²) in [7, 11) is 0. The summed E-state index contributed by atoms with van der Waals surface area (Å²) >= 11 is 0.999. The Morgan fingerprint density at radius 2 is 1.84 bits per heavy atom. The molecule has 1 saturated heterocycles. The number of amides is 2. The van der Waals surface area contributed by atoms with Crippen molar-refractivity contribution in [2.75, 3.05) is 38.2 Å². The summed E-state index contributed by atoms with van der Waals surface area (Å²) in [6, 6.07) is 15.0. The molecule has 0 spiro atoms. The average Bonchev–Trinajstić information content (AvgIpc) is 3.57. The number of nitrogens with zero attached hydrogens (tertiary/aromatic N) is 3. The second-order valence-electron chi connectivity index (χ2n) is 10.6. The largest absolute Gasteiger partial charge is 0.444 e. The molecule has 0 saturated carbocycles. The molecule has 10 nitrogen and oxygen atoms in total. The Bertz CT molecular complexity index is 1660. The summed E-state index contributed by atoms with van der Waals surface area (Å²) in [6.07, 6.45) is 0.626. The van der Waals surface area contributed by atoms with Gasteiger partial charge < -0.3 is 20.1 Å². The molecule has 4 aromatic rings. The number of benzene rings is 2. The summed E-state index contributed by atoms with van der Waals surface area (Å²) in [5, 5.41) is 10.3. The van der Waals surface area contributed by atoms with E-state index in [1.165, 1.54) is 18.2 Å². The molecule has 0 aliphatic carbocycles. The van der Waals surface area contributed by atoms with Gasteiger partial charge in [0.2, 0.25) is 0 Å². The Balaban J connectivity index is 1.38. The summed E-state index contributed by atoms with van der Waals surface area (Å²) in [4.78, 5) is 42.1. The standard InChI is InChI=1S/C31H32FN5O5S/c1-4-15-42-30(40)37-29-22(18-25(43-29)28(39)34-31(2,3)23-7-5-6-8-24(23)32)26(35-37)33-27(38)21-11-9-20(10-12-21)19-36-13-16-41-17-14-36/h4-12,18H,1,13-17,19H2,2-3H3,(H,34,39)(H,33,35,38). The number of nitrogens with one attached hydrogen (secondary N) is 2. The molecular weight excluding hydrogens is 573 g/mol. The van der Waals surface area contributed by atoms with Crippen molar-refractivity contribution >= 4 is 45.3 Å². The van der Waals surface area contributed by atoms with Gasteiger partial charge in [0.25, 0.3) is 11.8 Å². The van der Waals surface area contributed by atoms with E-state index in [1.807, 2.05) is 12.1 Å². The lowest BCUT2D eigenvalue weighted by Crippen LogP contribution is -2.41. The molecule has 2 N–H and O–H groups in total. The molecule has 12 heteroatoms. The molecular formula is C31H32FN5O5S. The third-order valence-corrected chi connectivity index (χ3v) is 8.12. The van der Waals surface area contributed by atoms with Crippen molar-refractivity contribution in [2.24, 2.45) is 0 Å². The molecule has 1 aliphatic rings. The maximum Gasteiger partial charge on any atom is 0.436 e. The number of ether oxygens (including phenoxy) is 2. The van der Waals surface area contributed by atoms with E-state index in [9.17, 15) is 18.8 Å². The number of carbonyl (C=O) groups excluding carboxylic acids is 3. The van der Waals surface area contributed by atoms with Crippen LogP contribution in [-0.4, -0.2) is 65.5 Å². The van der Waals surface area contributed by atoms with Crippen molar-refractivity contribution in [1.29, 1.82) is 0 Å². The van der Waals surface area contributed by atoms with Crippen LogP contribution in [-0.2, 0) is 21.6 Å². The van der Waals surface area contributed by atoms with Crippen LogP contribution >= 0.6 is 11.3 Å². The number of thiophene rings is 1. The van der Waals surface area contributed by atoms with E-state index in [0.29, 0.717) is 34.6 Å². The summed E-state index contributed by atoms with van der Waals surface area (Å²) < 4.78 is 26.0. The Kier molecular flexibility index (Phi) is 9.00. The number of fused-ring (bicyclic) bond motifs is 1. The minimum Gasteiger partial charge on any atom is -0.444 e. The molecule has 224 valence electrons. The maximum absolute atomic E-state index is 14.5. The van der Waals surface area contributed by atoms with E-state index < -0.39 is 29.3 Å². The van der Waals surface area contributed by atoms with Crippen molar-refractivity contribution < 1.29 is 28.2 Å². The van der Waals surface area contributed by atoms with Gasteiger partial charge in [0, 0.05) is 30.8 Å². The number of rotatable bonds is 9. The van der Waals surface area contributed by atoms with Crippen LogP contribution in [0.1, 0.15) is 45.0 Å². The third kappa shape index (κ3) is 6.82. The van der Waals surface area contributed by atoms with Crippen LogP contribution in [0.5, 0.6) is 0 Å². The van der Waals surface area contributed by atoms with Crippen LogP contribution in [0.25, 0.3) is 10.2 Å². The van der Waals surface area contributed by atoms with Crippen LogP contribution in [0.4, 0.5) is 15.0 Å². The summed E-state index contributed by atoms with van der Waals surface area (Å²) in [6.45, 7) is 10.8. The molecule has 2 aromatic heterocycles. The van der Waals surface area contributed by atoms with Gasteiger partial charge in [-0.15, -0.1) is 16.4 Å². The van der Waals surface area contributed by atoms with Gasteiger partial charge >= 0.3 is 6.09 Å². The molecule has 43 heavy (non-hydrogen) atoms. The summed E-state index contributed by atoms with van der Waals surface area (Å²) in [5.41, 5.74) is 0.773. The first-order chi connectivity index (χ1) is 20.7. The predicted octanol–water partition coefficient (Wildman–Crippen LogP) is 5.16. The monoisotopic (exact) mass is 605 g/mol. The van der Waals surface area contributed by atoms with Crippen molar-refractivity contribution in [3.63, 3.8) is 0 Å². The number of hydrogen-bond acceptors (Lipinski definition) is 8. The van der Waals surface area contributed by atoms with Crippen molar-refractivity contribution in [1.82, 2.24) is 20.0 Å². The Morgan fingerprint density at radius 1 is 1.12 bits per heavy atom. The molecule has 3 heterocycles. The zero-order valence-corrected chi connectivity index (χ0v) is 24.7. The second kappa shape index (κ2) is 12.9. The van der Waals surface area contributed by atoms with Gasteiger partial charge in [-0.2, -0.15) is 4.68 Å². The van der Waals surface area contributed by atoms with Crippen LogP contribution in [0.3, 0.4) is 0 Å². The number of halogens is 1. The van der Waals surface area contributed by atoms with Gasteiger partial charge in [0.05, 0.1) is 29.0 Å². The fourth-order valence-corrected chi connectivity index (χ4v) is 5.76. The zero-order chi connectivity index (χ0) is 30.6. The van der Waals surface area contributed by atoms with E-state index in [0.717, 1.165) is 41.2 Å². The van der Waals surface area contributed by atoms with E-state index in [1.54, 1.807) is 44.2 Å². The molecule has 0 unspecified atom stereocenters. The molecule has 0 radical (unpaired) electrons. The zero-order valence-electron chi connectivity index (χ0n) is 23.9. The normalized spacial score (nSPS) is 13.9. The number of morpholine rings is 1. The predicted molar refractivity (Wildman–Crippen MR) is 162 cm³/mol. The lowest BCUT2D eigenvalue weighted by molar-refractivity contribution is 0.0342. The van der Waals surface area contributed by atoms with Crippen LogP contribution in [0, 0.1) is 5.82 Å². The lowest BCUT2D eigenvalue weighted by Gasteiger charge is -2.27. The van der Waals surface area contributed by atoms with Crippen LogP contribution in [0.2, 0.25) is 0 Å². The molecule has 2 amide bonds. The highest BCUT2D eigenvalue weighted by Gasteiger charge is 2.29. The Labute approximate surface area is 252 Å². The first kappa shape index (κ1) is 30.1. The molecule has 2 aromatic carbocycles. The van der Waals surface area contributed by atoms with Gasteiger partial charge in [-0.05, 0) is 43.7 Å². The smallest absolute Gasteiger partial charge is 0.436 e. The number of aromatic nitrogens is 2. The fourth-order valence-electron chi connectivity index (χ4n) is 4.77. The van der Waals surface area contributed by atoms with E-state index in [-0.39, 0.29) is 17.3 Å². The first-order valence-corrected chi connectivity index (χ1v) is 14.6. The SMILES string of the molecule is C=CCOC(=O)n1nc(NC(=O)c2ccc(CN3CCOCC3)cc2)c2cc(C(=O)NC(C)(C)c3ccccc3F)sc21. The van der Waals surface area contributed by atoms with Crippen molar-refractivity contribution in [3.8, 4) is 0 Å². The topological polar surface area (TPSA) is 115 Å². The van der Waals surface area contributed by atoms with E-state index >= 15 is 0 Å². The van der Waals surface area contributed by atoms with E-state index in [2.05, 4.69) is 27.2 Å². The Morgan fingerprint density at radius 3 is 2.53 bits per heavy atom. The average molecular weight is 606 g/mol. The minimum absolute atomic E-state index is 0.0474. The van der Waals surface area contributed by atoms with Gasteiger partial charge in [-0.1, -0.05) is 43.0 Å². The highest BCUT2D eigenvalue weighted by atomic mass is 32.1. The first-order valence-electron chi connectivity index (χ1n) is 13.7. The quantitative estimate of drug-likeness (QED) is 0.254. The molecule has 5 rings (SSSR count). The summed E-state index contributed by atoms with van der Waals surface area (Å²) in [5.74, 6) is -1.25. The van der Waals surface area contributed by atoms with Crippen LogP contribution < -0.4 is 10.6 Å². The highest BCUT2D eigenvalue weighted by molar-refractivity contribution is 7.20. The van der Waals surface area contributed by atoms with Gasteiger partial charge in [-0.3, -0.25) is 14.5 Å². The number of carbonyl (C=O) groups is 3. The maximum atomic E-state index is 14.5.